The van der Waals surface area contributed by atoms with Crippen molar-refractivity contribution in [2.45, 2.75) is 45.6 Å². The Morgan fingerprint density at radius 3 is 2.43 bits per heavy atom. The Morgan fingerprint density at radius 2 is 1.80 bits per heavy atom. The number of hydrogen-bond donors (Lipinski definition) is 5. The van der Waals surface area contributed by atoms with Crippen molar-refractivity contribution in [1.29, 1.82) is 0 Å². The van der Waals surface area contributed by atoms with E-state index in [-0.39, 0.29) is 35.6 Å². The molecule has 9 nitrogen and oxygen atoms in total. The maximum absolute atomic E-state index is 13.4. The van der Waals surface area contributed by atoms with Crippen LogP contribution in [-0.2, 0) is 25.6 Å². The van der Waals surface area contributed by atoms with Crippen molar-refractivity contribution >= 4 is 35.2 Å². The highest BCUT2D eigenvalue weighted by atomic mass is 16.3. The molecule has 0 aliphatic heterocycles. The average molecular weight is 481 g/mol. The summed E-state index contributed by atoms with van der Waals surface area (Å²) in [5.41, 5.74) is 5.55. The van der Waals surface area contributed by atoms with Crippen molar-refractivity contribution in [2.75, 3.05) is 0 Å². The largest absolute Gasteiger partial charge is 0.511 e. The van der Waals surface area contributed by atoms with Gasteiger partial charge in [0.2, 0.25) is 5.91 Å². The summed E-state index contributed by atoms with van der Waals surface area (Å²) in [4.78, 5) is 49.8. The highest BCUT2D eigenvalue weighted by molar-refractivity contribution is 6.21. The number of nitrogens with one attached hydrogen (secondary N) is 1. The van der Waals surface area contributed by atoms with Crippen molar-refractivity contribution in [3.63, 3.8) is 0 Å². The molecule has 0 saturated heterocycles. The summed E-state index contributed by atoms with van der Waals surface area (Å²) >= 11 is 0. The second-order valence-corrected chi connectivity index (χ2v) is 10.4. The molecule has 0 spiro atoms. The van der Waals surface area contributed by atoms with E-state index in [9.17, 15) is 34.5 Å². The molecular weight excluding hydrogens is 452 g/mol. The Bertz CT molecular complexity index is 1260. The maximum Gasteiger partial charge on any atom is 0.255 e. The number of aromatic hydroxyl groups is 1. The lowest BCUT2D eigenvalue weighted by Gasteiger charge is -2.41. The smallest absolute Gasteiger partial charge is 0.255 e. The van der Waals surface area contributed by atoms with E-state index in [1.54, 1.807) is 12.1 Å². The van der Waals surface area contributed by atoms with E-state index < -0.39 is 57.9 Å². The summed E-state index contributed by atoms with van der Waals surface area (Å²) in [7, 11) is 0. The fourth-order valence-corrected chi connectivity index (χ4v) is 5.40. The van der Waals surface area contributed by atoms with Crippen LogP contribution in [0.5, 0.6) is 5.75 Å². The number of phenolic OH excluding ortho intramolecular Hbond substituents is 1. The van der Waals surface area contributed by atoms with E-state index in [1.807, 2.05) is 20.8 Å². The van der Waals surface area contributed by atoms with Gasteiger partial charge in [-0.15, -0.1) is 0 Å². The third-order valence-corrected chi connectivity index (χ3v) is 6.72. The third-order valence-electron chi connectivity index (χ3n) is 6.72. The van der Waals surface area contributed by atoms with Gasteiger partial charge in [0.1, 0.15) is 22.8 Å². The summed E-state index contributed by atoms with van der Waals surface area (Å²) in [6.07, 6.45) is 3.42. The van der Waals surface area contributed by atoms with Gasteiger partial charge in [-0.05, 0) is 68.7 Å². The van der Waals surface area contributed by atoms with E-state index in [0.717, 1.165) is 0 Å². The van der Waals surface area contributed by atoms with E-state index in [1.165, 1.54) is 12.1 Å². The van der Waals surface area contributed by atoms with Crippen LogP contribution in [0.1, 0.15) is 50.3 Å². The van der Waals surface area contributed by atoms with Gasteiger partial charge in [-0.3, -0.25) is 19.2 Å². The van der Waals surface area contributed by atoms with Gasteiger partial charge >= 0.3 is 0 Å². The molecule has 1 saturated carbocycles. The SMILES string of the molecule is CC(C)(C)NC(=O)/C=C/c1ccc(O)c2c1CC1CC3CC(=O)C(C(N)=O)=C(O)C3C(=O)C1=C2O. The minimum Gasteiger partial charge on any atom is -0.511 e. The normalized spacial score (nSPS) is 24.3. The summed E-state index contributed by atoms with van der Waals surface area (Å²) in [5, 5.41) is 35.0. The van der Waals surface area contributed by atoms with Gasteiger partial charge in [-0.2, -0.15) is 0 Å². The van der Waals surface area contributed by atoms with Crippen LogP contribution in [0.3, 0.4) is 0 Å². The molecule has 4 rings (SSSR count). The quantitative estimate of drug-likeness (QED) is 0.327. The molecule has 3 unspecified atom stereocenters. The number of aliphatic hydroxyl groups is 2. The Labute approximate surface area is 202 Å². The number of aliphatic hydroxyl groups excluding tert-OH is 2. The molecule has 0 heterocycles. The van der Waals surface area contributed by atoms with Crippen LogP contribution >= 0.6 is 0 Å². The molecule has 3 aliphatic rings. The van der Waals surface area contributed by atoms with Gasteiger partial charge < -0.3 is 26.4 Å². The van der Waals surface area contributed by atoms with Gasteiger partial charge in [0.05, 0.1) is 11.5 Å². The number of rotatable bonds is 3. The number of ketones is 2. The standard InChI is InChI=1S/C26H28N2O7/c1-26(2,3)28-17(31)7-5-11-4-6-15(29)20-14(11)9-12-8-13-10-16(30)21(25(27)35)24(34)19(13)22(32)18(12)23(20)33/h4-7,12-13,19,29,33-34H,8-10H2,1-3H3,(H2,27,35)(H,28,31)/b7-5+. The number of fused-ring (bicyclic) bond motifs is 3. The lowest BCUT2D eigenvalue weighted by atomic mass is 9.61. The first-order valence-electron chi connectivity index (χ1n) is 11.4. The zero-order valence-electron chi connectivity index (χ0n) is 19.7. The van der Waals surface area contributed by atoms with Gasteiger partial charge in [-0.25, -0.2) is 0 Å². The van der Waals surface area contributed by atoms with Gasteiger partial charge in [0, 0.05) is 23.6 Å². The monoisotopic (exact) mass is 480 g/mol. The molecule has 2 amide bonds. The second-order valence-electron chi connectivity index (χ2n) is 10.4. The molecular formula is C26H28N2O7. The van der Waals surface area contributed by atoms with E-state index in [0.29, 0.717) is 17.5 Å². The number of hydrogen-bond acceptors (Lipinski definition) is 7. The Hall–Kier alpha value is -3.88. The van der Waals surface area contributed by atoms with E-state index in [2.05, 4.69) is 5.32 Å². The predicted octanol–water partition coefficient (Wildman–Crippen LogP) is 2.24. The molecule has 3 atom stereocenters. The van der Waals surface area contributed by atoms with E-state index in [4.69, 9.17) is 5.73 Å². The predicted molar refractivity (Wildman–Crippen MR) is 127 cm³/mol. The molecule has 184 valence electrons. The lowest BCUT2D eigenvalue weighted by Crippen LogP contribution is -2.44. The van der Waals surface area contributed by atoms with Crippen LogP contribution in [0.15, 0.2) is 35.1 Å². The van der Waals surface area contributed by atoms with Crippen molar-refractivity contribution in [2.24, 2.45) is 23.5 Å². The van der Waals surface area contributed by atoms with Crippen molar-refractivity contribution in [3.05, 3.63) is 51.8 Å². The number of allylic oxidation sites excluding steroid dienone is 2. The second kappa shape index (κ2) is 8.41. The van der Waals surface area contributed by atoms with Crippen LogP contribution in [0, 0.1) is 17.8 Å². The number of Topliss-reactive ketones (excluding diaryl/α,β-unsaturated/α-hetero) is 2. The third kappa shape index (κ3) is 4.22. The number of phenols is 1. The van der Waals surface area contributed by atoms with Gasteiger partial charge in [0.25, 0.3) is 5.91 Å². The minimum absolute atomic E-state index is 0.0466. The first-order valence-corrected chi connectivity index (χ1v) is 11.4. The summed E-state index contributed by atoms with van der Waals surface area (Å²) in [6, 6.07) is 2.99. The fraction of sp³-hybridized carbons (Fsp3) is 0.385. The minimum atomic E-state index is -1.16. The zero-order valence-corrected chi connectivity index (χ0v) is 19.7. The molecule has 9 heteroatoms. The lowest BCUT2D eigenvalue weighted by molar-refractivity contribution is -0.127. The molecule has 1 aromatic rings. The number of amides is 2. The van der Waals surface area contributed by atoms with E-state index >= 15 is 0 Å². The summed E-state index contributed by atoms with van der Waals surface area (Å²) in [5.74, 6) is -6.07. The molecule has 6 N–H and O–H groups in total. The maximum atomic E-state index is 13.4. The number of carbonyl (C=O) groups excluding carboxylic acids is 4. The average Bonchev–Trinajstić information content (AvgIpc) is 2.71. The summed E-state index contributed by atoms with van der Waals surface area (Å²) in [6.45, 7) is 5.57. The zero-order chi connectivity index (χ0) is 25.8. The van der Waals surface area contributed by atoms with Crippen molar-refractivity contribution in [3.8, 4) is 5.75 Å². The van der Waals surface area contributed by atoms with Crippen LogP contribution < -0.4 is 11.1 Å². The Morgan fingerprint density at radius 1 is 1.11 bits per heavy atom. The highest BCUT2D eigenvalue weighted by Crippen LogP contribution is 2.50. The first kappa shape index (κ1) is 24.3. The molecule has 1 fully saturated rings. The topological polar surface area (TPSA) is 167 Å². The first-order chi connectivity index (χ1) is 16.3. The number of nitrogens with two attached hydrogens (primary N) is 1. The molecule has 0 radical (unpaired) electrons. The molecule has 0 bridgehead atoms. The van der Waals surface area contributed by atoms with Crippen LogP contribution in [0.2, 0.25) is 0 Å². The van der Waals surface area contributed by atoms with Gasteiger partial charge in [0.15, 0.2) is 11.6 Å². The molecule has 1 aromatic carbocycles. The highest BCUT2D eigenvalue weighted by Gasteiger charge is 2.50. The number of carbonyl (C=O) groups is 4. The number of primary amides is 1. The Balaban J connectivity index is 1.77. The van der Waals surface area contributed by atoms with Crippen molar-refractivity contribution in [1.82, 2.24) is 5.32 Å². The van der Waals surface area contributed by atoms with Crippen LogP contribution in [0.25, 0.3) is 11.8 Å². The fourth-order valence-electron chi connectivity index (χ4n) is 5.40. The van der Waals surface area contributed by atoms with Crippen LogP contribution in [-0.4, -0.2) is 44.2 Å². The Kier molecular flexibility index (Phi) is 5.82. The van der Waals surface area contributed by atoms with Crippen molar-refractivity contribution < 1.29 is 34.5 Å². The molecule has 3 aliphatic carbocycles. The van der Waals surface area contributed by atoms with Crippen LogP contribution in [0.4, 0.5) is 0 Å². The van der Waals surface area contributed by atoms with Gasteiger partial charge in [-0.1, -0.05) is 6.07 Å². The molecule has 35 heavy (non-hydrogen) atoms. The summed E-state index contributed by atoms with van der Waals surface area (Å²) < 4.78 is 0. The number of benzene rings is 1. The molecule has 0 aromatic heterocycles.